The van der Waals surface area contributed by atoms with Gasteiger partial charge in [-0.25, -0.2) is 0 Å². The van der Waals surface area contributed by atoms with Crippen molar-refractivity contribution in [1.82, 2.24) is 0 Å². The van der Waals surface area contributed by atoms with Crippen LogP contribution in [0.15, 0.2) is 0 Å². The van der Waals surface area contributed by atoms with E-state index in [4.69, 9.17) is 4.74 Å². The quantitative estimate of drug-likeness (QED) is 0.395. The first-order valence-electron chi connectivity index (χ1n) is 5.41. The molecule has 4 heteroatoms. The molecule has 0 N–H and O–H groups in total. The van der Waals surface area contributed by atoms with Crippen molar-refractivity contribution in [1.29, 1.82) is 0 Å². The monoisotopic (exact) mass is 214 g/mol. The van der Waals surface area contributed by atoms with E-state index in [0.717, 1.165) is 38.7 Å². The summed E-state index contributed by atoms with van der Waals surface area (Å²) in [5.74, 6) is 0.217. The van der Waals surface area contributed by atoms with Gasteiger partial charge in [-0.05, 0) is 38.0 Å². The standard InChI is InChI=1S/C11H18O4/c1-14-7-6-9-2-4-10(5-3-9)11(13)15-8-12/h8-10H,2-7H2,1H3. The number of rotatable bonds is 5. The van der Waals surface area contributed by atoms with Crippen LogP contribution in [0.2, 0.25) is 0 Å². The summed E-state index contributed by atoms with van der Waals surface area (Å²) in [5, 5.41) is 0. The van der Waals surface area contributed by atoms with E-state index in [-0.39, 0.29) is 18.4 Å². The Hall–Kier alpha value is -0.900. The van der Waals surface area contributed by atoms with E-state index in [0.29, 0.717) is 5.92 Å². The third kappa shape index (κ3) is 4.00. The molecule has 0 radical (unpaired) electrons. The highest BCUT2D eigenvalue weighted by molar-refractivity contribution is 5.78. The number of hydrogen-bond donors (Lipinski definition) is 0. The van der Waals surface area contributed by atoms with Crippen molar-refractivity contribution in [2.75, 3.05) is 13.7 Å². The van der Waals surface area contributed by atoms with Gasteiger partial charge >= 0.3 is 12.4 Å². The average Bonchev–Trinajstić information content (AvgIpc) is 2.27. The molecule has 0 spiro atoms. The molecule has 0 aromatic heterocycles. The van der Waals surface area contributed by atoms with Crippen molar-refractivity contribution in [3.63, 3.8) is 0 Å². The van der Waals surface area contributed by atoms with Gasteiger partial charge in [0.25, 0.3) is 0 Å². The fraction of sp³-hybridized carbons (Fsp3) is 0.818. The number of esters is 1. The largest absolute Gasteiger partial charge is 0.395 e. The van der Waals surface area contributed by atoms with Crippen molar-refractivity contribution in [3.8, 4) is 0 Å². The third-order valence-corrected chi connectivity index (χ3v) is 3.07. The Labute approximate surface area is 89.9 Å². The van der Waals surface area contributed by atoms with Gasteiger partial charge in [-0.15, -0.1) is 0 Å². The molecule has 4 nitrogen and oxygen atoms in total. The summed E-state index contributed by atoms with van der Waals surface area (Å²) in [6.45, 7) is 1.01. The minimum absolute atomic E-state index is 0.0750. The first-order chi connectivity index (χ1) is 7.27. The highest BCUT2D eigenvalue weighted by Gasteiger charge is 2.27. The summed E-state index contributed by atoms with van der Waals surface area (Å²) >= 11 is 0. The predicted octanol–water partition coefficient (Wildman–Crippen LogP) is 1.53. The van der Waals surface area contributed by atoms with Crippen LogP contribution in [0.25, 0.3) is 0 Å². The number of carbonyl (C=O) groups is 2. The van der Waals surface area contributed by atoms with Gasteiger partial charge < -0.3 is 9.47 Å². The van der Waals surface area contributed by atoms with Gasteiger partial charge in [0.05, 0.1) is 5.92 Å². The number of hydrogen-bond acceptors (Lipinski definition) is 4. The molecule has 0 unspecified atom stereocenters. The molecular formula is C11H18O4. The van der Waals surface area contributed by atoms with E-state index < -0.39 is 0 Å². The second kappa shape index (κ2) is 6.56. The number of carbonyl (C=O) groups excluding carboxylic acids is 2. The molecule has 15 heavy (non-hydrogen) atoms. The lowest BCUT2D eigenvalue weighted by atomic mass is 9.81. The topological polar surface area (TPSA) is 52.6 Å². The summed E-state index contributed by atoms with van der Waals surface area (Å²) in [7, 11) is 1.70. The molecule has 0 heterocycles. The molecule has 1 saturated carbocycles. The van der Waals surface area contributed by atoms with Crippen LogP contribution in [0, 0.1) is 11.8 Å². The molecule has 0 aromatic rings. The minimum atomic E-state index is -0.366. The summed E-state index contributed by atoms with van der Waals surface area (Å²) in [4.78, 5) is 21.2. The smallest absolute Gasteiger partial charge is 0.316 e. The Bertz CT molecular complexity index is 207. The zero-order valence-electron chi connectivity index (χ0n) is 9.11. The molecule has 0 aromatic carbocycles. The van der Waals surface area contributed by atoms with Crippen LogP contribution in [0.5, 0.6) is 0 Å². The number of ether oxygens (including phenoxy) is 2. The van der Waals surface area contributed by atoms with Crippen LogP contribution in [0.3, 0.4) is 0 Å². The van der Waals surface area contributed by atoms with Gasteiger partial charge in [0, 0.05) is 13.7 Å². The zero-order valence-corrected chi connectivity index (χ0v) is 9.11. The summed E-state index contributed by atoms with van der Waals surface area (Å²) < 4.78 is 9.37. The number of methoxy groups -OCH3 is 1. The molecule has 0 atom stereocenters. The van der Waals surface area contributed by atoms with Gasteiger partial charge in [-0.1, -0.05) is 0 Å². The second-order valence-electron chi connectivity index (χ2n) is 4.03. The molecule has 1 aliphatic rings. The van der Waals surface area contributed by atoms with Crippen molar-refractivity contribution < 1.29 is 19.1 Å². The van der Waals surface area contributed by atoms with Crippen LogP contribution in [-0.2, 0) is 19.1 Å². The maximum Gasteiger partial charge on any atom is 0.316 e. The highest BCUT2D eigenvalue weighted by atomic mass is 16.6. The molecule has 1 rings (SSSR count). The van der Waals surface area contributed by atoms with Gasteiger partial charge in [0.15, 0.2) is 0 Å². The molecule has 86 valence electrons. The summed E-state index contributed by atoms with van der Waals surface area (Å²) in [5.41, 5.74) is 0. The Morgan fingerprint density at radius 1 is 1.33 bits per heavy atom. The van der Waals surface area contributed by atoms with Crippen LogP contribution < -0.4 is 0 Å². The maximum absolute atomic E-state index is 11.2. The molecule has 1 fully saturated rings. The van der Waals surface area contributed by atoms with Gasteiger partial charge in [0.1, 0.15) is 0 Å². The molecule has 1 aliphatic carbocycles. The SMILES string of the molecule is COCCC1CCC(C(=O)OC=O)CC1. The summed E-state index contributed by atoms with van der Waals surface area (Å²) in [6, 6.07) is 0. The fourth-order valence-corrected chi connectivity index (χ4v) is 2.11. The van der Waals surface area contributed by atoms with E-state index in [1.54, 1.807) is 7.11 Å². The average molecular weight is 214 g/mol. The third-order valence-electron chi connectivity index (χ3n) is 3.07. The maximum atomic E-state index is 11.2. The van der Waals surface area contributed by atoms with E-state index in [2.05, 4.69) is 4.74 Å². The van der Waals surface area contributed by atoms with Crippen molar-refractivity contribution in [2.45, 2.75) is 32.1 Å². The molecule has 0 aliphatic heterocycles. The van der Waals surface area contributed by atoms with Crippen LogP contribution >= 0.6 is 0 Å². The molecule has 0 amide bonds. The van der Waals surface area contributed by atoms with E-state index in [9.17, 15) is 9.59 Å². The lowest BCUT2D eigenvalue weighted by molar-refractivity contribution is -0.156. The molecule has 0 saturated heterocycles. The summed E-state index contributed by atoms with van der Waals surface area (Å²) in [6.07, 6.45) is 4.79. The van der Waals surface area contributed by atoms with Gasteiger partial charge in [0.2, 0.25) is 0 Å². The fourth-order valence-electron chi connectivity index (χ4n) is 2.11. The lowest BCUT2D eigenvalue weighted by Gasteiger charge is -2.26. The Morgan fingerprint density at radius 3 is 2.53 bits per heavy atom. The van der Waals surface area contributed by atoms with Gasteiger partial charge in [-0.3, -0.25) is 9.59 Å². The van der Waals surface area contributed by atoms with Crippen molar-refractivity contribution >= 4 is 12.4 Å². The van der Waals surface area contributed by atoms with Gasteiger partial charge in [-0.2, -0.15) is 0 Å². The Balaban J connectivity index is 2.23. The van der Waals surface area contributed by atoms with Crippen molar-refractivity contribution in [2.24, 2.45) is 11.8 Å². The Morgan fingerprint density at radius 2 is 2.00 bits per heavy atom. The van der Waals surface area contributed by atoms with E-state index in [1.165, 1.54) is 0 Å². The lowest BCUT2D eigenvalue weighted by Crippen LogP contribution is -2.23. The normalized spacial score (nSPS) is 25.9. The Kier molecular flexibility index (Phi) is 5.32. The van der Waals surface area contributed by atoms with Crippen LogP contribution in [0.1, 0.15) is 32.1 Å². The van der Waals surface area contributed by atoms with Crippen molar-refractivity contribution in [3.05, 3.63) is 0 Å². The zero-order chi connectivity index (χ0) is 11.1. The molecular weight excluding hydrogens is 196 g/mol. The first-order valence-corrected chi connectivity index (χ1v) is 5.41. The minimum Gasteiger partial charge on any atom is -0.395 e. The van der Waals surface area contributed by atoms with E-state index in [1.807, 2.05) is 0 Å². The van der Waals surface area contributed by atoms with Crippen LogP contribution in [0.4, 0.5) is 0 Å². The van der Waals surface area contributed by atoms with Crippen LogP contribution in [-0.4, -0.2) is 26.2 Å². The first kappa shape index (κ1) is 12.2. The highest BCUT2D eigenvalue weighted by Crippen LogP contribution is 2.31. The second-order valence-corrected chi connectivity index (χ2v) is 4.03. The molecule has 0 bridgehead atoms. The van der Waals surface area contributed by atoms with E-state index >= 15 is 0 Å². The predicted molar refractivity (Wildman–Crippen MR) is 54.1 cm³/mol.